The maximum atomic E-state index is 14.2. The molecular formula is C49H44F7N7O3Si. The van der Waals surface area contributed by atoms with Crippen LogP contribution in [0.3, 0.4) is 0 Å². The van der Waals surface area contributed by atoms with E-state index in [4.69, 9.17) is 4.74 Å². The molecule has 67 heavy (non-hydrogen) atoms. The van der Waals surface area contributed by atoms with Crippen molar-refractivity contribution < 1.29 is 45.4 Å². The van der Waals surface area contributed by atoms with Gasteiger partial charge >= 0.3 is 6.18 Å². The maximum Gasteiger partial charge on any atom is 0.417 e. The first-order chi connectivity index (χ1) is 31.9. The van der Waals surface area contributed by atoms with Crippen LogP contribution in [0.4, 0.5) is 36.4 Å². The number of aliphatic hydroxyl groups is 1. The molecule has 0 spiro atoms. The first-order valence-electron chi connectivity index (χ1n) is 20.6. The molecule has 0 fully saturated rings. The zero-order chi connectivity index (χ0) is 48.2. The smallest absolute Gasteiger partial charge is 0.417 e. The number of halogens is 7. The van der Waals surface area contributed by atoms with Gasteiger partial charge in [-0.25, -0.2) is 32.2 Å². The SMILES string of the molecule is CC(C)Oc1cccc(NC(=O)c2ccccc2C(F)(F)F)c1.C[Si](Cn1cncn1)(c1ccc(F)cc1)c1ccc(F)cc1.OC(Cn1cncn1)(c1ccc(F)cc1)c1ccccc1F. The molecule has 8 aromatic rings. The summed E-state index contributed by atoms with van der Waals surface area (Å²) in [6, 6.07) is 35.5. The molecule has 2 N–H and O–H groups in total. The fraction of sp³-hybridized carbons (Fsp3) is 0.163. The summed E-state index contributed by atoms with van der Waals surface area (Å²) in [6.07, 6.45) is 1.93. The van der Waals surface area contributed by atoms with Crippen LogP contribution in [0.2, 0.25) is 6.55 Å². The third-order valence-corrected chi connectivity index (χ3v) is 14.5. The molecule has 1 atom stereocenters. The Morgan fingerprint density at radius 3 is 1.73 bits per heavy atom. The van der Waals surface area contributed by atoms with Gasteiger partial charge in [-0.2, -0.15) is 23.4 Å². The lowest BCUT2D eigenvalue weighted by Gasteiger charge is -2.29. The summed E-state index contributed by atoms with van der Waals surface area (Å²) >= 11 is 0. The lowest BCUT2D eigenvalue weighted by atomic mass is 9.86. The van der Waals surface area contributed by atoms with Gasteiger partial charge < -0.3 is 15.2 Å². The van der Waals surface area contributed by atoms with E-state index in [9.17, 15) is 40.6 Å². The Balaban J connectivity index is 0.000000166. The third-order valence-electron chi connectivity index (χ3n) is 10.3. The van der Waals surface area contributed by atoms with Crippen molar-refractivity contribution in [2.24, 2.45) is 0 Å². The molecule has 0 bridgehead atoms. The molecule has 0 saturated carbocycles. The summed E-state index contributed by atoms with van der Waals surface area (Å²) in [5.74, 6) is -1.80. The van der Waals surface area contributed by atoms with E-state index in [-0.39, 0.29) is 29.8 Å². The summed E-state index contributed by atoms with van der Waals surface area (Å²) in [7, 11) is -2.22. The van der Waals surface area contributed by atoms with Crippen LogP contribution < -0.4 is 20.4 Å². The minimum absolute atomic E-state index is 0.0421. The largest absolute Gasteiger partial charge is 0.491 e. The van der Waals surface area contributed by atoms with Crippen LogP contribution in [-0.4, -0.2) is 54.7 Å². The minimum Gasteiger partial charge on any atom is -0.491 e. The van der Waals surface area contributed by atoms with Gasteiger partial charge in [-0.3, -0.25) is 9.48 Å². The molecule has 0 radical (unpaired) electrons. The van der Waals surface area contributed by atoms with E-state index in [1.54, 1.807) is 47.4 Å². The number of alkyl halides is 3. The quantitative estimate of drug-likeness (QED) is 0.0927. The van der Waals surface area contributed by atoms with E-state index >= 15 is 0 Å². The zero-order valence-corrected chi connectivity index (χ0v) is 37.3. The molecule has 1 unspecified atom stereocenters. The van der Waals surface area contributed by atoms with Gasteiger partial charge in [0.1, 0.15) is 68.0 Å². The fourth-order valence-corrected chi connectivity index (χ4v) is 10.4. The van der Waals surface area contributed by atoms with E-state index in [0.717, 1.165) is 22.5 Å². The predicted octanol–water partition coefficient (Wildman–Crippen LogP) is 9.23. The molecule has 18 heteroatoms. The van der Waals surface area contributed by atoms with Gasteiger partial charge in [0.2, 0.25) is 0 Å². The number of aromatic nitrogens is 6. The topological polar surface area (TPSA) is 120 Å². The molecule has 0 aliphatic carbocycles. The number of nitrogens with zero attached hydrogens (tertiary/aromatic N) is 6. The molecule has 0 saturated heterocycles. The number of amides is 1. The third kappa shape index (κ3) is 12.9. The van der Waals surface area contributed by atoms with Gasteiger partial charge in [0.25, 0.3) is 5.91 Å². The van der Waals surface area contributed by atoms with Crippen LogP contribution in [0.25, 0.3) is 0 Å². The van der Waals surface area contributed by atoms with Gasteiger partial charge in [-0.1, -0.05) is 89.7 Å². The minimum atomic E-state index is -4.59. The average molecular weight is 940 g/mol. The molecule has 2 heterocycles. The van der Waals surface area contributed by atoms with E-state index < -0.39 is 48.5 Å². The lowest BCUT2D eigenvalue weighted by Crippen LogP contribution is -2.59. The number of hydrogen-bond donors (Lipinski definition) is 2. The molecule has 6 aromatic carbocycles. The van der Waals surface area contributed by atoms with Crippen LogP contribution in [0, 0.1) is 23.3 Å². The molecule has 0 aliphatic heterocycles. The fourth-order valence-electron chi connectivity index (χ4n) is 7.07. The number of anilines is 1. The van der Waals surface area contributed by atoms with Crippen molar-refractivity contribution in [3.63, 3.8) is 0 Å². The van der Waals surface area contributed by atoms with E-state index in [1.807, 2.05) is 38.1 Å². The van der Waals surface area contributed by atoms with Crippen LogP contribution in [0.1, 0.15) is 40.9 Å². The van der Waals surface area contributed by atoms with Gasteiger partial charge in [0.05, 0.1) is 23.8 Å². The van der Waals surface area contributed by atoms with Crippen LogP contribution in [-0.2, 0) is 24.5 Å². The van der Waals surface area contributed by atoms with Crippen molar-refractivity contribution in [2.45, 2.75) is 51.0 Å². The first-order valence-corrected chi connectivity index (χ1v) is 23.3. The van der Waals surface area contributed by atoms with Crippen molar-refractivity contribution in [2.75, 3.05) is 5.32 Å². The Labute approximate surface area is 382 Å². The van der Waals surface area contributed by atoms with E-state index in [1.165, 1.54) is 96.5 Å². The summed E-state index contributed by atoms with van der Waals surface area (Å²) < 4.78 is 101. The molecule has 346 valence electrons. The normalized spacial score (nSPS) is 12.2. The van der Waals surface area contributed by atoms with E-state index in [0.29, 0.717) is 23.2 Å². The molecule has 10 nitrogen and oxygen atoms in total. The summed E-state index contributed by atoms with van der Waals surface area (Å²) in [4.78, 5) is 20.0. The maximum absolute atomic E-state index is 14.2. The zero-order valence-electron chi connectivity index (χ0n) is 36.3. The molecule has 2 aromatic heterocycles. The summed E-state index contributed by atoms with van der Waals surface area (Å²) in [5, 5.41) is 23.9. The number of carbonyl (C=O) groups excluding carboxylic acids is 1. The van der Waals surface area contributed by atoms with Gasteiger partial charge in [-0.05, 0) is 86.1 Å². The van der Waals surface area contributed by atoms with Crippen LogP contribution in [0.15, 0.2) is 171 Å². The van der Waals surface area contributed by atoms with E-state index in [2.05, 4.69) is 32.0 Å². The van der Waals surface area contributed by atoms with Crippen LogP contribution in [0.5, 0.6) is 5.75 Å². The molecule has 0 aliphatic rings. The summed E-state index contributed by atoms with van der Waals surface area (Å²) in [6.45, 7) is 5.82. The average Bonchev–Trinajstić information content (AvgIpc) is 4.02. The number of nitrogens with one attached hydrogen (secondary N) is 1. The number of ether oxygens (including phenoxy) is 1. The highest BCUT2D eigenvalue weighted by Gasteiger charge is 2.36. The van der Waals surface area contributed by atoms with Gasteiger partial charge in [-0.15, -0.1) is 0 Å². The van der Waals surface area contributed by atoms with Gasteiger partial charge in [0, 0.05) is 23.5 Å². The van der Waals surface area contributed by atoms with Crippen molar-refractivity contribution in [1.29, 1.82) is 0 Å². The number of carbonyl (C=O) groups is 1. The second-order valence-electron chi connectivity index (χ2n) is 15.6. The molecule has 1 amide bonds. The Morgan fingerprint density at radius 1 is 0.687 bits per heavy atom. The van der Waals surface area contributed by atoms with Crippen molar-refractivity contribution in [3.8, 4) is 5.75 Å². The van der Waals surface area contributed by atoms with Crippen molar-refractivity contribution in [1.82, 2.24) is 29.5 Å². The Kier molecular flexibility index (Phi) is 15.9. The predicted molar refractivity (Wildman–Crippen MR) is 241 cm³/mol. The number of benzene rings is 6. The highest BCUT2D eigenvalue weighted by atomic mass is 28.3. The van der Waals surface area contributed by atoms with Crippen molar-refractivity contribution in [3.05, 3.63) is 216 Å². The highest BCUT2D eigenvalue weighted by molar-refractivity contribution is 7.00. The number of hydrogen-bond acceptors (Lipinski definition) is 7. The second-order valence-corrected chi connectivity index (χ2v) is 19.7. The highest BCUT2D eigenvalue weighted by Crippen LogP contribution is 2.34. The lowest BCUT2D eigenvalue weighted by molar-refractivity contribution is -0.137. The molecule has 8 rings (SSSR count). The molecular weight excluding hydrogens is 896 g/mol. The van der Waals surface area contributed by atoms with Crippen LogP contribution >= 0.6 is 0 Å². The Morgan fingerprint density at radius 2 is 1.21 bits per heavy atom. The number of rotatable bonds is 12. The van der Waals surface area contributed by atoms with Crippen molar-refractivity contribution >= 4 is 30.0 Å². The standard InChI is InChI=1S/C17H16F3NO2.C16H13F2N3O.C16H15F2N3Si/c1-11(2)23-13-7-5-6-12(10-13)21-16(22)14-8-3-4-9-15(14)17(18,19)20;17-13-7-5-12(6-8-13)16(22,9-21-11-19-10-20-21)14-3-1-2-4-15(14)18;1-22(12-21-11-19-10-20-21,15-6-2-13(17)3-7-15)16-8-4-14(18)5-9-16/h3-11H,1-2H3,(H,21,22);1-8,10-11,22H,9H2;2-11H,12H2,1H3. The second kappa shape index (κ2) is 21.7. The first kappa shape index (κ1) is 49.0. The Hall–Kier alpha value is -7.44. The monoisotopic (exact) mass is 939 g/mol. The Bertz CT molecular complexity index is 2770. The summed E-state index contributed by atoms with van der Waals surface area (Å²) in [5.41, 5.74) is -2.24. The van der Waals surface area contributed by atoms with Gasteiger partial charge in [0.15, 0.2) is 0 Å².